The third-order valence-corrected chi connectivity index (χ3v) is 6.11. The molecule has 0 bridgehead atoms. The number of nitriles is 1. The zero-order chi connectivity index (χ0) is 23.0. The molecule has 0 aliphatic rings. The lowest BCUT2D eigenvalue weighted by molar-refractivity contribution is -0.146. The minimum atomic E-state index is -0.560. The Morgan fingerprint density at radius 2 is 1.85 bits per heavy atom. The second-order valence-corrected chi connectivity index (χ2v) is 8.52. The van der Waals surface area contributed by atoms with Crippen molar-refractivity contribution in [2.24, 2.45) is 0 Å². The molecule has 0 atom stereocenters. The lowest BCUT2D eigenvalue weighted by Gasteiger charge is -2.06. The van der Waals surface area contributed by atoms with E-state index >= 15 is 0 Å². The number of anilines is 1. The summed E-state index contributed by atoms with van der Waals surface area (Å²) in [4.78, 5) is 28.6. The van der Waals surface area contributed by atoms with Crippen LogP contribution in [0.5, 0.6) is 11.5 Å². The van der Waals surface area contributed by atoms with Gasteiger partial charge < -0.3 is 14.8 Å². The summed E-state index contributed by atoms with van der Waals surface area (Å²) < 4.78 is 10.9. The van der Waals surface area contributed by atoms with Crippen molar-refractivity contribution in [3.63, 3.8) is 0 Å². The quantitative estimate of drug-likeness (QED) is 0.349. The highest BCUT2D eigenvalue weighted by atomic mass is 32.1. The fraction of sp³-hybridized carbons (Fsp3) is 0.0833. The molecule has 0 saturated carbocycles. The van der Waals surface area contributed by atoms with Gasteiger partial charge >= 0.3 is 5.97 Å². The Kier molecular flexibility index (Phi) is 7.09. The van der Waals surface area contributed by atoms with Gasteiger partial charge in [-0.25, -0.2) is 4.98 Å². The number of nitrogens with one attached hydrogen (secondary N) is 1. The summed E-state index contributed by atoms with van der Waals surface area (Å²) >= 11 is 2.64. The highest BCUT2D eigenvalue weighted by molar-refractivity contribution is 7.14. The largest absolute Gasteiger partial charge is 0.457 e. The van der Waals surface area contributed by atoms with Crippen molar-refractivity contribution in [2.45, 2.75) is 6.42 Å². The highest BCUT2D eigenvalue weighted by Gasteiger charge is 2.14. The molecule has 4 aromatic rings. The van der Waals surface area contributed by atoms with Crippen LogP contribution in [0.1, 0.15) is 11.3 Å². The molecule has 2 aromatic carbocycles. The molecule has 4 rings (SSSR count). The van der Waals surface area contributed by atoms with E-state index in [-0.39, 0.29) is 6.42 Å². The molecule has 2 aromatic heterocycles. The monoisotopic (exact) mass is 475 g/mol. The number of hydrogen-bond donors (Lipinski definition) is 1. The molecule has 2 heterocycles. The van der Waals surface area contributed by atoms with Gasteiger partial charge in [-0.1, -0.05) is 30.3 Å². The van der Waals surface area contributed by atoms with Crippen molar-refractivity contribution in [3.05, 3.63) is 82.7 Å². The van der Waals surface area contributed by atoms with Gasteiger partial charge in [0.15, 0.2) is 6.61 Å². The predicted octanol–water partition coefficient (Wildman–Crippen LogP) is 5.26. The maximum atomic E-state index is 12.1. The van der Waals surface area contributed by atoms with E-state index in [9.17, 15) is 9.59 Å². The van der Waals surface area contributed by atoms with Gasteiger partial charge in [-0.2, -0.15) is 5.26 Å². The molecule has 1 N–H and O–H groups in total. The number of nitrogens with zero attached hydrogens (tertiary/aromatic N) is 2. The number of hydrogen-bond acceptors (Lipinski definition) is 8. The van der Waals surface area contributed by atoms with Gasteiger partial charge in [-0.3, -0.25) is 9.59 Å². The first-order chi connectivity index (χ1) is 16.1. The fourth-order valence-electron chi connectivity index (χ4n) is 2.84. The van der Waals surface area contributed by atoms with Crippen LogP contribution < -0.4 is 10.1 Å². The Morgan fingerprint density at radius 1 is 1.03 bits per heavy atom. The second kappa shape index (κ2) is 10.5. The van der Waals surface area contributed by atoms with Crippen LogP contribution in [0.2, 0.25) is 0 Å². The summed E-state index contributed by atoms with van der Waals surface area (Å²) in [6.07, 6.45) is -0.0492. The van der Waals surface area contributed by atoms with Gasteiger partial charge in [0.1, 0.15) is 27.6 Å². The van der Waals surface area contributed by atoms with Crippen molar-refractivity contribution in [3.8, 4) is 28.1 Å². The number of carbonyl (C=O) groups is 2. The third kappa shape index (κ3) is 6.04. The van der Waals surface area contributed by atoms with E-state index in [4.69, 9.17) is 14.7 Å². The van der Waals surface area contributed by atoms with Crippen molar-refractivity contribution in [1.29, 1.82) is 5.26 Å². The molecule has 0 aliphatic heterocycles. The van der Waals surface area contributed by atoms with E-state index < -0.39 is 18.5 Å². The SMILES string of the molecule is N#Cc1ccsc1NC(=O)COC(=O)Cc1csc(-c2cccc(Oc3ccccc3)c2)n1. The van der Waals surface area contributed by atoms with Crippen molar-refractivity contribution in [1.82, 2.24) is 4.98 Å². The Morgan fingerprint density at radius 3 is 2.67 bits per heavy atom. The van der Waals surface area contributed by atoms with E-state index in [1.54, 1.807) is 16.8 Å². The van der Waals surface area contributed by atoms with Crippen LogP contribution in [-0.2, 0) is 20.7 Å². The van der Waals surface area contributed by atoms with Crippen molar-refractivity contribution >= 4 is 39.6 Å². The van der Waals surface area contributed by atoms with E-state index in [0.29, 0.717) is 22.0 Å². The van der Waals surface area contributed by atoms with Gasteiger partial charge in [-0.05, 0) is 35.7 Å². The summed E-state index contributed by atoms with van der Waals surface area (Å²) in [7, 11) is 0. The number of carbonyl (C=O) groups excluding carboxylic acids is 2. The number of para-hydroxylation sites is 1. The molecule has 1 amide bonds. The van der Waals surface area contributed by atoms with Gasteiger partial charge in [-0.15, -0.1) is 22.7 Å². The Bertz CT molecular complexity index is 1310. The van der Waals surface area contributed by atoms with E-state index in [1.165, 1.54) is 22.7 Å². The number of benzene rings is 2. The zero-order valence-corrected chi connectivity index (χ0v) is 18.8. The minimum Gasteiger partial charge on any atom is -0.457 e. The van der Waals surface area contributed by atoms with Crippen LogP contribution in [0.25, 0.3) is 10.6 Å². The topological polar surface area (TPSA) is 101 Å². The van der Waals surface area contributed by atoms with Crippen LogP contribution in [0.15, 0.2) is 71.4 Å². The first kappa shape index (κ1) is 22.2. The average molecular weight is 476 g/mol. The molecule has 0 unspecified atom stereocenters. The first-order valence-corrected chi connectivity index (χ1v) is 11.6. The molecular formula is C24H17N3O4S2. The standard InChI is InChI=1S/C24H17N3O4S2/c25-13-17-9-10-32-24(17)27-21(28)14-30-22(29)12-18-15-33-23(26-18)16-5-4-8-20(11-16)31-19-6-2-1-3-7-19/h1-11,15H,12,14H2,(H,27,28). The third-order valence-electron chi connectivity index (χ3n) is 4.34. The van der Waals surface area contributed by atoms with Gasteiger partial charge in [0.05, 0.1) is 17.7 Å². The van der Waals surface area contributed by atoms with Gasteiger partial charge in [0.25, 0.3) is 5.91 Å². The molecule has 9 heteroatoms. The average Bonchev–Trinajstić information content (AvgIpc) is 3.48. The number of ether oxygens (including phenoxy) is 2. The Balaban J connectivity index is 1.31. The molecule has 0 radical (unpaired) electrons. The number of aromatic nitrogens is 1. The fourth-order valence-corrected chi connectivity index (χ4v) is 4.41. The lowest BCUT2D eigenvalue weighted by atomic mass is 10.2. The van der Waals surface area contributed by atoms with Crippen molar-refractivity contribution in [2.75, 3.05) is 11.9 Å². The smallest absolute Gasteiger partial charge is 0.312 e. The van der Waals surface area contributed by atoms with Crippen LogP contribution in [0, 0.1) is 11.3 Å². The number of thiophene rings is 1. The molecule has 33 heavy (non-hydrogen) atoms. The number of amides is 1. The van der Waals surface area contributed by atoms with E-state index in [2.05, 4.69) is 10.3 Å². The number of rotatable bonds is 8. The second-order valence-electron chi connectivity index (χ2n) is 6.75. The Hall–Kier alpha value is -4.00. The van der Waals surface area contributed by atoms with Crippen LogP contribution in [0.4, 0.5) is 5.00 Å². The summed E-state index contributed by atoms with van der Waals surface area (Å²) in [5.41, 5.74) is 1.80. The summed E-state index contributed by atoms with van der Waals surface area (Å²) in [5, 5.41) is 16.2. The Labute approximate surface area is 197 Å². The van der Waals surface area contributed by atoms with Crippen LogP contribution in [0.3, 0.4) is 0 Å². The molecule has 0 saturated heterocycles. The van der Waals surface area contributed by atoms with Gasteiger partial charge in [0, 0.05) is 10.9 Å². The predicted molar refractivity (Wildman–Crippen MR) is 126 cm³/mol. The summed E-state index contributed by atoms with van der Waals surface area (Å²) in [5.74, 6) is 0.363. The maximum Gasteiger partial charge on any atom is 0.312 e. The summed E-state index contributed by atoms with van der Waals surface area (Å²) in [6.45, 7) is -0.433. The van der Waals surface area contributed by atoms with E-state index in [1.807, 2.05) is 60.7 Å². The normalized spacial score (nSPS) is 10.3. The van der Waals surface area contributed by atoms with Crippen LogP contribution >= 0.6 is 22.7 Å². The minimum absolute atomic E-state index is 0.0492. The van der Waals surface area contributed by atoms with E-state index in [0.717, 1.165) is 16.3 Å². The summed E-state index contributed by atoms with van der Waals surface area (Å²) in [6, 6.07) is 20.6. The molecule has 0 spiro atoms. The van der Waals surface area contributed by atoms with Crippen LogP contribution in [-0.4, -0.2) is 23.5 Å². The number of thiazole rings is 1. The van der Waals surface area contributed by atoms with Crippen molar-refractivity contribution < 1.29 is 19.1 Å². The molecule has 0 aliphatic carbocycles. The van der Waals surface area contributed by atoms with Gasteiger partial charge in [0.2, 0.25) is 0 Å². The molecule has 164 valence electrons. The lowest BCUT2D eigenvalue weighted by Crippen LogP contribution is -2.21. The first-order valence-electron chi connectivity index (χ1n) is 9.81. The highest BCUT2D eigenvalue weighted by Crippen LogP contribution is 2.29. The molecule has 0 fully saturated rings. The molecule has 7 nitrogen and oxygen atoms in total. The maximum absolute atomic E-state index is 12.1. The zero-order valence-electron chi connectivity index (χ0n) is 17.2. The number of esters is 1. The molecular weight excluding hydrogens is 458 g/mol.